The van der Waals surface area contributed by atoms with Crippen LogP contribution in [0.2, 0.25) is 0 Å². The summed E-state index contributed by atoms with van der Waals surface area (Å²) in [6.45, 7) is 6.34. The smallest absolute Gasteiger partial charge is 0.269 e. The van der Waals surface area contributed by atoms with Crippen LogP contribution in [0.15, 0.2) is 17.2 Å². The summed E-state index contributed by atoms with van der Waals surface area (Å²) in [5.41, 5.74) is 0.474. The second kappa shape index (κ2) is 4.93. The highest BCUT2D eigenvalue weighted by atomic mass is 16.1. The molecule has 0 bridgehead atoms. The average molecular weight is 219 g/mol. The van der Waals surface area contributed by atoms with Gasteiger partial charge in [0, 0.05) is 18.4 Å². The van der Waals surface area contributed by atoms with Crippen LogP contribution in [0.5, 0.6) is 0 Å². The summed E-state index contributed by atoms with van der Waals surface area (Å²) >= 11 is 0. The van der Waals surface area contributed by atoms with Crippen molar-refractivity contribution in [3.05, 3.63) is 28.4 Å². The summed E-state index contributed by atoms with van der Waals surface area (Å²) in [5, 5.41) is 8.87. The van der Waals surface area contributed by atoms with E-state index in [2.05, 4.69) is 11.1 Å². The molecular weight excluding hydrogens is 202 g/mol. The van der Waals surface area contributed by atoms with E-state index >= 15 is 0 Å². The lowest BCUT2D eigenvalue weighted by molar-refractivity contribution is 0.411. The first-order valence-electron chi connectivity index (χ1n) is 5.39. The molecule has 0 aliphatic heterocycles. The molecule has 4 nitrogen and oxygen atoms in total. The molecule has 1 heterocycles. The molecule has 0 fully saturated rings. The Kier molecular flexibility index (Phi) is 3.83. The fourth-order valence-corrected chi connectivity index (χ4v) is 1.54. The van der Waals surface area contributed by atoms with Crippen molar-refractivity contribution in [1.29, 1.82) is 5.26 Å². The summed E-state index contributed by atoms with van der Waals surface area (Å²) in [5.74, 6) is 0. The Balaban J connectivity index is 2.64. The maximum Gasteiger partial charge on any atom is 0.269 e. The lowest BCUT2D eigenvalue weighted by atomic mass is 9.90. The minimum atomic E-state index is -0.315. The van der Waals surface area contributed by atoms with Gasteiger partial charge in [0.2, 0.25) is 0 Å². The minimum Gasteiger partial charge on any atom is -0.310 e. The molecule has 0 radical (unpaired) electrons. The number of nitrogens with zero attached hydrogens (tertiary/aromatic N) is 3. The highest BCUT2D eigenvalue weighted by molar-refractivity contribution is 4.96. The van der Waals surface area contributed by atoms with Crippen LogP contribution < -0.4 is 5.56 Å². The van der Waals surface area contributed by atoms with Gasteiger partial charge in [-0.25, -0.2) is 0 Å². The van der Waals surface area contributed by atoms with Crippen molar-refractivity contribution in [2.45, 2.75) is 40.2 Å². The quantitative estimate of drug-likeness (QED) is 0.776. The minimum absolute atomic E-state index is 0.0743. The molecule has 0 unspecified atom stereocenters. The topological polar surface area (TPSA) is 58.7 Å². The van der Waals surface area contributed by atoms with E-state index in [1.807, 2.05) is 20.8 Å². The van der Waals surface area contributed by atoms with E-state index in [0.717, 1.165) is 18.5 Å². The number of hydrogen-bond acceptors (Lipinski definition) is 3. The first kappa shape index (κ1) is 12.4. The van der Waals surface area contributed by atoms with Crippen LogP contribution >= 0.6 is 0 Å². The fourth-order valence-electron chi connectivity index (χ4n) is 1.54. The van der Waals surface area contributed by atoms with Gasteiger partial charge >= 0.3 is 0 Å². The standard InChI is InChI=1S/C12H17N3O/c1-10-7-14-8-11(16)15(10)6-4-5-12(2,3)9-13/h7-8H,4-6H2,1-3H3. The molecule has 0 amide bonds. The van der Waals surface area contributed by atoms with Crippen molar-refractivity contribution in [2.24, 2.45) is 5.41 Å². The molecule has 86 valence electrons. The van der Waals surface area contributed by atoms with E-state index in [4.69, 9.17) is 5.26 Å². The van der Waals surface area contributed by atoms with Gasteiger partial charge in [0.1, 0.15) is 0 Å². The van der Waals surface area contributed by atoms with Gasteiger partial charge in [-0.15, -0.1) is 0 Å². The van der Waals surface area contributed by atoms with Crippen LogP contribution in [-0.4, -0.2) is 9.55 Å². The molecule has 4 heteroatoms. The van der Waals surface area contributed by atoms with E-state index in [1.54, 1.807) is 10.8 Å². The fraction of sp³-hybridized carbons (Fsp3) is 0.583. The van der Waals surface area contributed by atoms with Crippen molar-refractivity contribution >= 4 is 0 Å². The van der Waals surface area contributed by atoms with E-state index in [1.165, 1.54) is 6.20 Å². The maximum absolute atomic E-state index is 11.5. The molecule has 0 spiro atoms. The van der Waals surface area contributed by atoms with Crippen LogP contribution in [-0.2, 0) is 6.54 Å². The second-order valence-corrected chi connectivity index (χ2v) is 4.64. The van der Waals surface area contributed by atoms with Gasteiger partial charge in [-0.2, -0.15) is 5.26 Å². The zero-order valence-electron chi connectivity index (χ0n) is 10.0. The number of nitriles is 1. The Bertz CT molecular complexity index is 454. The third kappa shape index (κ3) is 3.20. The van der Waals surface area contributed by atoms with Gasteiger partial charge in [-0.1, -0.05) is 0 Å². The normalized spacial score (nSPS) is 11.1. The molecule has 1 rings (SSSR count). The monoisotopic (exact) mass is 219 g/mol. The third-order valence-corrected chi connectivity index (χ3v) is 2.62. The van der Waals surface area contributed by atoms with Crippen LogP contribution in [0, 0.1) is 23.7 Å². The van der Waals surface area contributed by atoms with Crippen molar-refractivity contribution in [3.8, 4) is 6.07 Å². The molecule has 0 saturated carbocycles. The van der Waals surface area contributed by atoms with Crippen molar-refractivity contribution < 1.29 is 0 Å². The Morgan fingerprint density at radius 1 is 1.50 bits per heavy atom. The Hall–Kier alpha value is -1.63. The molecular formula is C12H17N3O. The van der Waals surface area contributed by atoms with Crippen LogP contribution in [0.25, 0.3) is 0 Å². The molecule has 16 heavy (non-hydrogen) atoms. The van der Waals surface area contributed by atoms with E-state index in [0.29, 0.717) is 6.54 Å². The average Bonchev–Trinajstić information content (AvgIpc) is 2.22. The number of aromatic nitrogens is 2. The molecule has 0 saturated heterocycles. The maximum atomic E-state index is 11.5. The summed E-state index contributed by atoms with van der Waals surface area (Å²) in [6.07, 6.45) is 4.61. The number of rotatable bonds is 4. The molecule has 1 aromatic heterocycles. The lowest BCUT2D eigenvalue weighted by Crippen LogP contribution is -2.22. The van der Waals surface area contributed by atoms with E-state index in [9.17, 15) is 4.79 Å². The first-order valence-corrected chi connectivity index (χ1v) is 5.39. The van der Waals surface area contributed by atoms with Crippen LogP contribution in [0.1, 0.15) is 32.4 Å². The SMILES string of the molecule is Cc1cncc(=O)n1CCCC(C)(C)C#N. The van der Waals surface area contributed by atoms with Crippen LogP contribution in [0.3, 0.4) is 0 Å². The largest absolute Gasteiger partial charge is 0.310 e. The van der Waals surface area contributed by atoms with Gasteiger partial charge in [0.15, 0.2) is 0 Å². The number of aryl methyl sites for hydroxylation is 1. The van der Waals surface area contributed by atoms with Crippen molar-refractivity contribution in [3.63, 3.8) is 0 Å². The zero-order valence-corrected chi connectivity index (χ0v) is 10.0. The van der Waals surface area contributed by atoms with Crippen LogP contribution in [0.4, 0.5) is 0 Å². The van der Waals surface area contributed by atoms with Crippen molar-refractivity contribution in [1.82, 2.24) is 9.55 Å². The third-order valence-electron chi connectivity index (χ3n) is 2.62. The summed E-state index contributed by atoms with van der Waals surface area (Å²) < 4.78 is 1.69. The lowest BCUT2D eigenvalue weighted by Gasteiger charge is -2.15. The Labute approximate surface area is 95.6 Å². The predicted molar refractivity (Wildman–Crippen MR) is 61.9 cm³/mol. The van der Waals surface area contributed by atoms with E-state index < -0.39 is 0 Å². The molecule has 0 aliphatic rings. The highest BCUT2D eigenvalue weighted by Crippen LogP contribution is 2.20. The Morgan fingerprint density at radius 3 is 2.75 bits per heavy atom. The van der Waals surface area contributed by atoms with Gasteiger partial charge in [0.05, 0.1) is 17.7 Å². The highest BCUT2D eigenvalue weighted by Gasteiger charge is 2.15. The zero-order chi connectivity index (χ0) is 12.2. The van der Waals surface area contributed by atoms with Crippen molar-refractivity contribution in [2.75, 3.05) is 0 Å². The number of hydrogen-bond donors (Lipinski definition) is 0. The Morgan fingerprint density at radius 2 is 2.19 bits per heavy atom. The van der Waals surface area contributed by atoms with Gasteiger partial charge in [-0.05, 0) is 33.6 Å². The predicted octanol–water partition coefficient (Wildman–Crippen LogP) is 1.88. The van der Waals surface area contributed by atoms with Gasteiger partial charge < -0.3 is 4.57 Å². The molecule has 0 aromatic carbocycles. The molecule has 0 N–H and O–H groups in total. The second-order valence-electron chi connectivity index (χ2n) is 4.64. The first-order chi connectivity index (χ1) is 7.46. The van der Waals surface area contributed by atoms with Gasteiger partial charge in [-0.3, -0.25) is 9.78 Å². The molecule has 1 aromatic rings. The summed E-state index contributed by atoms with van der Waals surface area (Å²) in [6, 6.07) is 2.26. The molecule has 0 atom stereocenters. The summed E-state index contributed by atoms with van der Waals surface area (Å²) in [7, 11) is 0. The summed E-state index contributed by atoms with van der Waals surface area (Å²) in [4.78, 5) is 15.3. The van der Waals surface area contributed by atoms with E-state index in [-0.39, 0.29) is 11.0 Å². The van der Waals surface area contributed by atoms with Gasteiger partial charge in [0.25, 0.3) is 5.56 Å². The molecule has 0 aliphatic carbocycles.